The molecule has 1 spiro atoms. The van der Waals surface area contributed by atoms with Gasteiger partial charge < -0.3 is 4.90 Å². The second-order valence-electron chi connectivity index (χ2n) is 16.7. The first kappa shape index (κ1) is 34.8. The molecule has 11 aromatic rings. The summed E-state index contributed by atoms with van der Waals surface area (Å²) >= 11 is 0. The van der Waals surface area contributed by atoms with Crippen LogP contribution < -0.4 is 4.90 Å². The lowest BCUT2D eigenvalue weighted by Crippen LogP contribution is -2.26. The molecule has 1 heteroatoms. The summed E-state index contributed by atoms with van der Waals surface area (Å²) in [6.45, 7) is 0. The Labute approximate surface area is 361 Å². The molecule has 0 saturated carbocycles. The predicted molar refractivity (Wildman–Crippen MR) is 261 cm³/mol. The van der Waals surface area contributed by atoms with Gasteiger partial charge in [-0.3, -0.25) is 0 Å². The average molecular weight is 786 g/mol. The van der Waals surface area contributed by atoms with E-state index >= 15 is 0 Å². The van der Waals surface area contributed by atoms with Crippen LogP contribution in [0.5, 0.6) is 0 Å². The van der Waals surface area contributed by atoms with Crippen LogP contribution in [0.4, 0.5) is 17.1 Å². The van der Waals surface area contributed by atoms with E-state index in [0.717, 1.165) is 17.1 Å². The van der Waals surface area contributed by atoms with E-state index in [4.69, 9.17) is 0 Å². The third-order valence-corrected chi connectivity index (χ3v) is 13.7. The first-order valence-corrected chi connectivity index (χ1v) is 21.6. The number of anilines is 3. The van der Waals surface area contributed by atoms with Gasteiger partial charge in [0.25, 0.3) is 0 Å². The van der Waals surface area contributed by atoms with Crippen LogP contribution in [0.2, 0.25) is 0 Å². The number of fused-ring (bicyclic) bond motifs is 14. The van der Waals surface area contributed by atoms with Crippen LogP contribution in [0.15, 0.2) is 237 Å². The quantitative estimate of drug-likeness (QED) is 0.157. The van der Waals surface area contributed by atoms with Crippen LogP contribution in [0.1, 0.15) is 22.3 Å². The molecule has 0 unspecified atom stereocenters. The average Bonchev–Trinajstić information content (AvgIpc) is 3.81. The Kier molecular flexibility index (Phi) is 7.59. The van der Waals surface area contributed by atoms with Gasteiger partial charge in [-0.1, -0.05) is 206 Å². The Bertz CT molecular complexity index is 3520. The number of nitrogens with zero attached hydrogens (tertiary/aromatic N) is 1. The number of hydrogen-bond donors (Lipinski definition) is 0. The zero-order chi connectivity index (χ0) is 40.8. The van der Waals surface area contributed by atoms with Gasteiger partial charge in [-0.05, 0) is 124 Å². The van der Waals surface area contributed by atoms with Gasteiger partial charge in [-0.2, -0.15) is 0 Å². The minimum Gasteiger partial charge on any atom is -0.310 e. The van der Waals surface area contributed by atoms with Crippen molar-refractivity contribution in [3.63, 3.8) is 0 Å². The highest BCUT2D eigenvalue weighted by Crippen LogP contribution is 2.63. The molecule has 0 bridgehead atoms. The molecule has 13 rings (SSSR count). The zero-order valence-corrected chi connectivity index (χ0v) is 34.0. The Morgan fingerprint density at radius 3 is 1.45 bits per heavy atom. The molecular weight excluding hydrogens is 747 g/mol. The van der Waals surface area contributed by atoms with Gasteiger partial charge in [0.15, 0.2) is 0 Å². The van der Waals surface area contributed by atoms with E-state index in [1.54, 1.807) is 0 Å². The van der Waals surface area contributed by atoms with Gasteiger partial charge in [0, 0.05) is 16.8 Å². The van der Waals surface area contributed by atoms with Crippen LogP contribution in [0.3, 0.4) is 0 Å². The first-order valence-electron chi connectivity index (χ1n) is 21.6. The normalized spacial score (nSPS) is 13.0. The molecule has 0 aromatic heterocycles. The first-order chi connectivity index (χ1) is 30.8. The highest BCUT2D eigenvalue weighted by molar-refractivity contribution is 6.15. The van der Waals surface area contributed by atoms with Crippen LogP contribution in [-0.4, -0.2) is 0 Å². The van der Waals surface area contributed by atoms with Gasteiger partial charge in [0.05, 0.1) is 11.1 Å². The summed E-state index contributed by atoms with van der Waals surface area (Å²) in [5.41, 5.74) is 18.4. The number of hydrogen-bond acceptors (Lipinski definition) is 1. The summed E-state index contributed by atoms with van der Waals surface area (Å²) in [4.78, 5) is 2.50. The van der Waals surface area contributed by atoms with Crippen LogP contribution in [0, 0.1) is 0 Å². The molecule has 11 aromatic carbocycles. The molecule has 0 heterocycles. The molecule has 0 atom stereocenters. The van der Waals surface area contributed by atoms with Gasteiger partial charge in [-0.25, -0.2) is 0 Å². The Balaban J connectivity index is 1.06. The van der Waals surface area contributed by atoms with Crippen molar-refractivity contribution in [1.29, 1.82) is 0 Å². The van der Waals surface area contributed by atoms with Crippen molar-refractivity contribution in [3.8, 4) is 44.5 Å². The van der Waals surface area contributed by atoms with Gasteiger partial charge in [0.2, 0.25) is 0 Å². The van der Waals surface area contributed by atoms with E-state index in [1.807, 2.05) is 0 Å². The fraction of sp³-hybridized carbons (Fsp3) is 0.0164. The maximum atomic E-state index is 2.50. The SMILES string of the molecule is c1ccc(-c2c(-c3ccc(N(c4ccc5c(c4)C4(c6ccccc6-c6ccccc64)c4ccccc4-5)c4cc5ccccc5c5ccccc45)cc3)ccc3ccccc23)cc1. The summed E-state index contributed by atoms with van der Waals surface area (Å²) in [5, 5.41) is 7.43. The third-order valence-electron chi connectivity index (χ3n) is 13.7. The van der Waals surface area contributed by atoms with Gasteiger partial charge in [-0.15, -0.1) is 0 Å². The van der Waals surface area contributed by atoms with Crippen molar-refractivity contribution in [2.24, 2.45) is 0 Å². The lowest BCUT2D eigenvalue weighted by molar-refractivity contribution is 0.793. The molecule has 0 fully saturated rings. The summed E-state index contributed by atoms with van der Waals surface area (Å²) < 4.78 is 0. The molecular formula is C61H39N. The second-order valence-corrected chi connectivity index (χ2v) is 16.7. The van der Waals surface area contributed by atoms with E-state index in [2.05, 4.69) is 241 Å². The van der Waals surface area contributed by atoms with E-state index < -0.39 is 5.41 Å². The van der Waals surface area contributed by atoms with Crippen LogP contribution >= 0.6 is 0 Å². The fourth-order valence-corrected chi connectivity index (χ4v) is 11.1. The highest BCUT2D eigenvalue weighted by Gasteiger charge is 2.51. The van der Waals surface area contributed by atoms with Crippen molar-refractivity contribution in [2.75, 3.05) is 4.90 Å². The standard InChI is InChI=1S/C61H39N/c1-2-17-42(18-3-1)60-47-21-7-4-16-40(47)32-36-48(60)41-30-33-44(34-31-41)62(59-38-43-19-5-6-20-46(43)49-22-8-9-26-54(49)59)45-35-37-53-52-25-12-15-29-57(52)61(58(53)39-45)55-27-13-10-23-50(55)51-24-11-14-28-56(51)61/h1-39H. The number of rotatable bonds is 5. The minimum atomic E-state index is -0.444. The Morgan fingerprint density at radius 1 is 0.274 bits per heavy atom. The van der Waals surface area contributed by atoms with Crippen molar-refractivity contribution in [3.05, 3.63) is 259 Å². The lowest BCUT2D eigenvalue weighted by Gasteiger charge is -2.32. The molecule has 0 saturated heterocycles. The number of benzene rings is 11. The van der Waals surface area contributed by atoms with Crippen molar-refractivity contribution in [1.82, 2.24) is 0 Å². The summed E-state index contributed by atoms with van der Waals surface area (Å²) in [7, 11) is 0. The molecule has 0 amide bonds. The Morgan fingerprint density at radius 2 is 0.774 bits per heavy atom. The monoisotopic (exact) mass is 785 g/mol. The molecule has 0 N–H and O–H groups in total. The second kappa shape index (κ2) is 13.5. The fourth-order valence-electron chi connectivity index (χ4n) is 11.1. The molecule has 0 aliphatic heterocycles. The van der Waals surface area contributed by atoms with Gasteiger partial charge in [0.1, 0.15) is 0 Å². The van der Waals surface area contributed by atoms with E-state index in [9.17, 15) is 0 Å². The van der Waals surface area contributed by atoms with Crippen molar-refractivity contribution >= 4 is 49.4 Å². The summed E-state index contributed by atoms with van der Waals surface area (Å²) in [6, 6.07) is 87.9. The maximum absolute atomic E-state index is 2.50. The summed E-state index contributed by atoms with van der Waals surface area (Å²) in [5.74, 6) is 0. The largest absolute Gasteiger partial charge is 0.310 e. The zero-order valence-electron chi connectivity index (χ0n) is 34.0. The topological polar surface area (TPSA) is 3.24 Å². The van der Waals surface area contributed by atoms with Crippen molar-refractivity contribution in [2.45, 2.75) is 5.41 Å². The minimum absolute atomic E-state index is 0.444. The van der Waals surface area contributed by atoms with E-state index in [1.165, 1.54) is 99.1 Å². The molecule has 2 aliphatic carbocycles. The molecule has 2 aliphatic rings. The maximum Gasteiger partial charge on any atom is 0.0726 e. The smallest absolute Gasteiger partial charge is 0.0726 e. The van der Waals surface area contributed by atoms with Gasteiger partial charge >= 0.3 is 0 Å². The molecule has 288 valence electrons. The van der Waals surface area contributed by atoms with Crippen LogP contribution in [0.25, 0.3) is 76.8 Å². The molecule has 0 radical (unpaired) electrons. The molecule has 1 nitrogen and oxygen atoms in total. The van der Waals surface area contributed by atoms with Crippen LogP contribution in [-0.2, 0) is 5.41 Å². The predicted octanol–water partition coefficient (Wildman–Crippen LogP) is 16.3. The molecule has 62 heavy (non-hydrogen) atoms. The van der Waals surface area contributed by atoms with E-state index in [-0.39, 0.29) is 0 Å². The lowest BCUT2D eigenvalue weighted by atomic mass is 9.70. The van der Waals surface area contributed by atoms with Crippen molar-refractivity contribution < 1.29 is 0 Å². The highest BCUT2D eigenvalue weighted by atomic mass is 15.1. The Hall–Kier alpha value is -8.00. The third kappa shape index (κ3) is 4.91. The van der Waals surface area contributed by atoms with E-state index in [0.29, 0.717) is 0 Å². The summed E-state index contributed by atoms with van der Waals surface area (Å²) in [6.07, 6.45) is 0.